The first-order valence-corrected chi connectivity index (χ1v) is 13.0. The Hall–Kier alpha value is -2.36. The number of sulfonamides is 1. The maximum Gasteiger partial charge on any atom is 0.240 e. The highest BCUT2D eigenvalue weighted by Gasteiger charge is 2.30. The number of carbonyl (C=O) groups is 1. The second-order valence-electron chi connectivity index (χ2n) is 8.31. The summed E-state index contributed by atoms with van der Waals surface area (Å²) in [5.41, 5.74) is 1.64. The fourth-order valence-electron chi connectivity index (χ4n) is 4.11. The van der Waals surface area contributed by atoms with Crippen LogP contribution in [0, 0.1) is 18.7 Å². The highest BCUT2D eigenvalue weighted by atomic mass is 32.2. The van der Waals surface area contributed by atoms with Gasteiger partial charge in [0.1, 0.15) is 5.82 Å². The monoisotopic (exact) mass is 475 g/mol. The molecule has 1 atom stereocenters. The molecule has 9 heteroatoms. The summed E-state index contributed by atoms with van der Waals surface area (Å²) in [5.74, 6) is -0.514. The van der Waals surface area contributed by atoms with Gasteiger partial charge in [0.05, 0.1) is 26.2 Å². The van der Waals surface area contributed by atoms with Crippen LogP contribution in [0.25, 0.3) is 10.2 Å². The van der Waals surface area contributed by atoms with E-state index in [1.54, 1.807) is 30.3 Å². The lowest BCUT2D eigenvalue weighted by Gasteiger charge is -2.29. The highest BCUT2D eigenvalue weighted by Crippen LogP contribution is 2.28. The van der Waals surface area contributed by atoms with E-state index in [2.05, 4.69) is 15.0 Å². The molecule has 2 N–H and O–H groups in total. The van der Waals surface area contributed by atoms with Gasteiger partial charge in [0.15, 0.2) is 0 Å². The van der Waals surface area contributed by atoms with Gasteiger partial charge >= 0.3 is 0 Å². The molecule has 1 saturated carbocycles. The number of rotatable bonds is 6. The summed E-state index contributed by atoms with van der Waals surface area (Å²) in [6.45, 7) is 3.76. The van der Waals surface area contributed by atoms with Crippen LogP contribution in [0.2, 0.25) is 0 Å². The van der Waals surface area contributed by atoms with Crippen LogP contribution >= 0.6 is 11.3 Å². The van der Waals surface area contributed by atoms with Crippen LogP contribution in [-0.2, 0) is 14.8 Å². The minimum atomic E-state index is -3.64. The van der Waals surface area contributed by atoms with Gasteiger partial charge in [0.2, 0.25) is 15.9 Å². The molecule has 0 saturated heterocycles. The number of benzene rings is 2. The molecule has 0 aliphatic heterocycles. The Labute approximate surface area is 191 Å². The summed E-state index contributed by atoms with van der Waals surface area (Å²) < 4.78 is 42.5. The molecule has 170 valence electrons. The summed E-state index contributed by atoms with van der Waals surface area (Å²) >= 11 is 1.47. The van der Waals surface area contributed by atoms with E-state index in [-0.39, 0.29) is 34.6 Å². The lowest BCUT2D eigenvalue weighted by atomic mass is 9.85. The van der Waals surface area contributed by atoms with Crippen molar-refractivity contribution >= 4 is 37.5 Å². The summed E-state index contributed by atoms with van der Waals surface area (Å²) in [7, 11) is -3.64. The largest absolute Gasteiger partial charge is 0.349 e. The van der Waals surface area contributed by atoms with E-state index in [0.717, 1.165) is 20.8 Å². The standard InChI is InChI=1S/C23H26FN3O3S2/c1-14(16-3-7-18(24)8-4-16)25-23(28)17-5-9-19(10-6-17)27-32(29,30)20-11-12-21-22(13-20)31-15(2)26-21/h3-4,7-8,11-14,17,19,27H,5-6,9-10H2,1-2H3,(H,25,28)/t14-,17?,19?/m1/s1. The molecule has 3 aromatic rings. The first-order chi connectivity index (χ1) is 15.2. The third kappa shape index (κ3) is 5.16. The topological polar surface area (TPSA) is 88.2 Å². The van der Waals surface area contributed by atoms with Crippen molar-refractivity contribution < 1.29 is 17.6 Å². The minimum absolute atomic E-state index is 0.0471. The van der Waals surface area contributed by atoms with Gasteiger partial charge in [-0.25, -0.2) is 22.5 Å². The molecule has 1 fully saturated rings. The average molecular weight is 476 g/mol. The second kappa shape index (κ2) is 9.25. The lowest BCUT2D eigenvalue weighted by molar-refractivity contribution is -0.126. The molecule has 2 aromatic carbocycles. The van der Waals surface area contributed by atoms with E-state index in [4.69, 9.17) is 0 Å². The van der Waals surface area contributed by atoms with Gasteiger partial charge in [-0.05, 0) is 75.4 Å². The molecule has 1 heterocycles. The number of hydrogen-bond acceptors (Lipinski definition) is 5. The quantitative estimate of drug-likeness (QED) is 0.551. The summed E-state index contributed by atoms with van der Waals surface area (Å²) in [4.78, 5) is 17.3. The smallest absolute Gasteiger partial charge is 0.240 e. The molecular weight excluding hydrogens is 449 g/mol. The predicted octanol–water partition coefficient (Wildman–Crippen LogP) is 4.46. The first-order valence-electron chi connectivity index (χ1n) is 10.7. The van der Waals surface area contributed by atoms with Crippen LogP contribution in [0.3, 0.4) is 0 Å². The number of nitrogens with zero attached hydrogens (tertiary/aromatic N) is 1. The van der Waals surface area contributed by atoms with Crippen LogP contribution in [-0.4, -0.2) is 25.4 Å². The minimum Gasteiger partial charge on any atom is -0.349 e. The van der Waals surface area contributed by atoms with Gasteiger partial charge in [0, 0.05) is 12.0 Å². The van der Waals surface area contributed by atoms with E-state index in [9.17, 15) is 17.6 Å². The zero-order chi connectivity index (χ0) is 22.9. The maximum absolute atomic E-state index is 13.1. The molecule has 1 aromatic heterocycles. The van der Waals surface area contributed by atoms with E-state index in [1.807, 2.05) is 13.8 Å². The van der Waals surface area contributed by atoms with E-state index in [0.29, 0.717) is 25.7 Å². The Morgan fingerprint density at radius 3 is 2.50 bits per heavy atom. The van der Waals surface area contributed by atoms with Crippen molar-refractivity contribution in [2.75, 3.05) is 0 Å². The fourth-order valence-corrected chi connectivity index (χ4v) is 6.39. The molecule has 0 radical (unpaired) electrons. The number of aromatic nitrogens is 1. The molecular formula is C23H26FN3O3S2. The predicted molar refractivity (Wildman–Crippen MR) is 123 cm³/mol. The molecule has 0 bridgehead atoms. The van der Waals surface area contributed by atoms with Crippen LogP contribution in [0.4, 0.5) is 4.39 Å². The number of hydrogen-bond donors (Lipinski definition) is 2. The highest BCUT2D eigenvalue weighted by molar-refractivity contribution is 7.89. The average Bonchev–Trinajstić information content (AvgIpc) is 3.13. The maximum atomic E-state index is 13.1. The van der Waals surface area contributed by atoms with Crippen LogP contribution < -0.4 is 10.0 Å². The molecule has 32 heavy (non-hydrogen) atoms. The summed E-state index contributed by atoms with van der Waals surface area (Å²) in [6.07, 6.45) is 2.43. The number of thiazole rings is 1. The summed E-state index contributed by atoms with van der Waals surface area (Å²) in [5, 5.41) is 3.88. The SMILES string of the molecule is Cc1nc2ccc(S(=O)(=O)NC3CCC(C(=O)N[C@H](C)c4ccc(F)cc4)CC3)cc2s1. The number of fused-ring (bicyclic) bond motifs is 1. The zero-order valence-electron chi connectivity index (χ0n) is 18.0. The second-order valence-corrected chi connectivity index (χ2v) is 11.3. The van der Waals surface area contributed by atoms with Crippen LogP contribution in [0.15, 0.2) is 47.4 Å². The molecule has 0 unspecified atom stereocenters. The first kappa shape index (κ1) is 22.8. The zero-order valence-corrected chi connectivity index (χ0v) is 19.6. The molecule has 1 amide bonds. The molecule has 6 nitrogen and oxygen atoms in total. The third-order valence-electron chi connectivity index (χ3n) is 5.93. The number of carbonyl (C=O) groups excluding carboxylic acids is 1. The molecule has 1 aliphatic carbocycles. The lowest BCUT2D eigenvalue weighted by Crippen LogP contribution is -2.41. The van der Waals surface area contributed by atoms with Gasteiger partial charge in [-0.15, -0.1) is 11.3 Å². The van der Waals surface area contributed by atoms with E-state index < -0.39 is 10.0 Å². The van der Waals surface area contributed by atoms with Crippen molar-refractivity contribution in [3.63, 3.8) is 0 Å². The van der Waals surface area contributed by atoms with Crippen molar-refractivity contribution in [3.8, 4) is 0 Å². The van der Waals surface area contributed by atoms with Crippen LogP contribution in [0.5, 0.6) is 0 Å². The third-order valence-corrected chi connectivity index (χ3v) is 8.38. The molecule has 1 aliphatic rings. The van der Waals surface area contributed by atoms with Gasteiger partial charge in [-0.2, -0.15) is 0 Å². The number of amides is 1. The van der Waals surface area contributed by atoms with Crippen molar-refractivity contribution in [3.05, 3.63) is 58.9 Å². The van der Waals surface area contributed by atoms with Crippen molar-refractivity contribution in [1.82, 2.24) is 15.0 Å². The Bertz CT molecular complexity index is 1220. The van der Waals surface area contributed by atoms with Gasteiger partial charge < -0.3 is 5.32 Å². The molecule has 0 spiro atoms. The van der Waals surface area contributed by atoms with Gasteiger partial charge in [0.25, 0.3) is 0 Å². The Balaban J connectivity index is 1.32. The van der Waals surface area contributed by atoms with Gasteiger partial charge in [-0.1, -0.05) is 12.1 Å². The van der Waals surface area contributed by atoms with Crippen LogP contribution in [0.1, 0.15) is 49.2 Å². The Kier molecular flexibility index (Phi) is 6.60. The number of halogens is 1. The summed E-state index contributed by atoms with van der Waals surface area (Å²) in [6, 6.07) is 10.6. The van der Waals surface area contributed by atoms with E-state index >= 15 is 0 Å². The molecule has 4 rings (SSSR count). The fraction of sp³-hybridized carbons (Fsp3) is 0.391. The number of nitrogens with one attached hydrogen (secondary N) is 2. The van der Waals surface area contributed by atoms with Crippen molar-refractivity contribution in [2.24, 2.45) is 5.92 Å². The van der Waals surface area contributed by atoms with Crippen molar-refractivity contribution in [1.29, 1.82) is 0 Å². The van der Waals surface area contributed by atoms with Gasteiger partial charge in [-0.3, -0.25) is 4.79 Å². The number of aryl methyl sites for hydroxylation is 1. The Morgan fingerprint density at radius 2 is 1.81 bits per heavy atom. The van der Waals surface area contributed by atoms with E-state index in [1.165, 1.54) is 23.5 Å². The normalized spacial score (nSPS) is 20.2. The Morgan fingerprint density at radius 1 is 1.12 bits per heavy atom. The van der Waals surface area contributed by atoms with Crippen molar-refractivity contribution in [2.45, 2.75) is 56.5 Å².